The average Bonchev–Trinajstić information content (AvgIpc) is 2.71. The summed E-state index contributed by atoms with van der Waals surface area (Å²) in [7, 11) is 0. The molecule has 4 heteroatoms. The first-order valence-corrected chi connectivity index (χ1v) is 6.42. The number of rotatable bonds is 2. The number of benzene rings is 2. The van der Waals surface area contributed by atoms with Gasteiger partial charge in [-0.25, -0.2) is 0 Å². The van der Waals surface area contributed by atoms with Crippen LogP contribution in [0.1, 0.15) is 39.2 Å². The van der Waals surface area contributed by atoms with Crippen molar-refractivity contribution in [3.63, 3.8) is 0 Å². The minimum absolute atomic E-state index is 0.263. The van der Waals surface area contributed by atoms with E-state index >= 15 is 0 Å². The Morgan fingerprint density at radius 2 is 1.60 bits per heavy atom. The molecule has 1 aliphatic rings. The van der Waals surface area contributed by atoms with Gasteiger partial charge in [0.1, 0.15) is 0 Å². The molecule has 0 saturated carbocycles. The Labute approximate surface area is 116 Å². The van der Waals surface area contributed by atoms with Gasteiger partial charge in [-0.15, -0.1) is 0 Å². The van der Waals surface area contributed by atoms with E-state index in [-0.39, 0.29) is 17.9 Å². The Kier molecular flexibility index (Phi) is 2.79. The number of carbonyl (C=O) groups excluding carboxylic acids is 2. The number of anilines is 1. The first kappa shape index (κ1) is 12.4. The van der Waals surface area contributed by atoms with E-state index in [4.69, 9.17) is 5.73 Å². The smallest absolute Gasteiger partial charge is 0.262 e. The summed E-state index contributed by atoms with van der Waals surface area (Å²) in [5.41, 5.74) is 7.91. The van der Waals surface area contributed by atoms with Crippen molar-refractivity contribution < 1.29 is 9.59 Å². The van der Waals surface area contributed by atoms with Crippen molar-refractivity contribution in [2.24, 2.45) is 0 Å². The maximum atomic E-state index is 12.4. The zero-order valence-electron chi connectivity index (χ0n) is 11.0. The molecule has 3 rings (SSSR count). The molecule has 0 saturated heterocycles. The summed E-state index contributed by atoms with van der Waals surface area (Å²) >= 11 is 0. The van der Waals surface area contributed by atoms with Crippen LogP contribution < -0.4 is 5.73 Å². The molecular formula is C16H14N2O2. The van der Waals surface area contributed by atoms with Gasteiger partial charge in [-0.05, 0) is 30.7 Å². The van der Waals surface area contributed by atoms with Crippen molar-refractivity contribution in [1.29, 1.82) is 0 Å². The van der Waals surface area contributed by atoms with E-state index in [0.717, 1.165) is 5.56 Å². The largest absolute Gasteiger partial charge is 0.399 e. The number of fused-ring (bicyclic) bond motifs is 1. The van der Waals surface area contributed by atoms with Crippen LogP contribution in [-0.2, 0) is 0 Å². The molecule has 0 aliphatic carbocycles. The molecule has 20 heavy (non-hydrogen) atoms. The summed E-state index contributed by atoms with van der Waals surface area (Å²) in [6.07, 6.45) is 0. The number of nitrogen functional groups attached to an aromatic ring is 1. The summed E-state index contributed by atoms with van der Waals surface area (Å²) in [6, 6.07) is 14.0. The molecule has 0 bridgehead atoms. The average molecular weight is 266 g/mol. The number of carbonyl (C=O) groups is 2. The lowest BCUT2D eigenvalue weighted by molar-refractivity contribution is 0.0595. The quantitative estimate of drug-likeness (QED) is 0.671. The summed E-state index contributed by atoms with van der Waals surface area (Å²) in [4.78, 5) is 26.1. The molecule has 1 atom stereocenters. The van der Waals surface area contributed by atoms with Crippen LogP contribution in [0.25, 0.3) is 0 Å². The maximum absolute atomic E-state index is 12.4. The first-order valence-electron chi connectivity index (χ1n) is 6.42. The molecule has 2 aromatic rings. The zero-order valence-corrected chi connectivity index (χ0v) is 11.0. The molecule has 2 aromatic carbocycles. The Balaban J connectivity index is 2.02. The van der Waals surface area contributed by atoms with Gasteiger partial charge in [0, 0.05) is 5.69 Å². The molecule has 0 radical (unpaired) electrons. The lowest BCUT2D eigenvalue weighted by Gasteiger charge is -2.22. The molecular weight excluding hydrogens is 252 g/mol. The molecule has 100 valence electrons. The van der Waals surface area contributed by atoms with Gasteiger partial charge in [-0.2, -0.15) is 0 Å². The Bertz CT molecular complexity index is 695. The summed E-state index contributed by atoms with van der Waals surface area (Å²) < 4.78 is 0. The van der Waals surface area contributed by atoms with Gasteiger partial charge in [0.2, 0.25) is 0 Å². The van der Waals surface area contributed by atoms with Crippen molar-refractivity contribution in [1.82, 2.24) is 4.90 Å². The highest BCUT2D eigenvalue weighted by atomic mass is 16.2. The fourth-order valence-electron chi connectivity index (χ4n) is 2.51. The van der Waals surface area contributed by atoms with Crippen molar-refractivity contribution in [3.05, 3.63) is 65.2 Å². The first-order chi connectivity index (χ1) is 9.59. The van der Waals surface area contributed by atoms with E-state index < -0.39 is 0 Å². The third-order valence-electron chi connectivity index (χ3n) is 3.61. The number of hydrogen-bond donors (Lipinski definition) is 1. The molecule has 0 fully saturated rings. The fourth-order valence-corrected chi connectivity index (χ4v) is 2.51. The second-order valence-electron chi connectivity index (χ2n) is 4.87. The van der Waals surface area contributed by atoms with E-state index in [9.17, 15) is 9.59 Å². The number of nitrogens with zero attached hydrogens (tertiary/aromatic N) is 1. The lowest BCUT2D eigenvalue weighted by atomic mass is 10.1. The predicted octanol–water partition coefficient (Wildman–Crippen LogP) is 2.63. The van der Waals surface area contributed by atoms with E-state index in [2.05, 4.69) is 0 Å². The van der Waals surface area contributed by atoms with Crippen molar-refractivity contribution in [3.8, 4) is 0 Å². The molecule has 2 N–H and O–H groups in total. The van der Waals surface area contributed by atoms with Gasteiger partial charge >= 0.3 is 0 Å². The van der Waals surface area contributed by atoms with E-state index in [1.165, 1.54) is 4.90 Å². The lowest BCUT2D eigenvalue weighted by Crippen LogP contribution is -2.32. The minimum atomic E-state index is -0.301. The van der Waals surface area contributed by atoms with Crippen LogP contribution in [0.4, 0.5) is 5.69 Å². The monoisotopic (exact) mass is 266 g/mol. The van der Waals surface area contributed by atoms with Crippen molar-refractivity contribution >= 4 is 17.5 Å². The normalized spacial score (nSPS) is 15.3. The van der Waals surface area contributed by atoms with Gasteiger partial charge in [-0.1, -0.05) is 30.3 Å². The van der Waals surface area contributed by atoms with Crippen LogP contribution in [0.2, 0.25) is 0 Å². The van der Waals surface area contributed by atoms with Crippen LogP contribution in [0.5, 0.6) is 0 Å². The summed E-state index contributed by atoms with van der Waals surface area (Å²) in [5, 5.41) is 0. The Hall–Kier alpha value is -2.62. The van der Waals surface area contributed by atoms with Gasteiger partial charge in [0.05, 0.1) is 17.2 Å². The van der Waals surface area contributed by atoms with Crippen LogP contribution in [0.3, 0.4) is 0 Å². The van der Waals surface area contributed by atoms with Gasteiger partial charge in [-0.3, -0.25) is 14.5 Å². The van der Waals surface area contributed by atoms with Gasteiger partial charge in [0.15, 0.2) is 0 Å². The molecule has 0 spiro atoms. The van der Waals surface area contributed by atoms with E-state index in [1.807, 2.05) is 37.3 Å². The number of nitrogens with two attached hydrogens (primary N) is 1. The van der Waals surface area contributed by atoms with Crippen molar-refractivity contribution in [2.75, 3.05) is 5.73 Å². The maximum Gasteiger partial charge on any atom is 0.262 e. The highest BCUT2D eigenvalue weighted by molar-refractivity contribution is 6.21. The number of hydrogen-bond acceptors (Lipinski definition) is 3. The van der Waals surface area contributed by atoms with E-state index in [1.54, 1.807) is 18.2 Å². The molecule has 2 amide bonds. The highest BCUT2D eigenvalue weighted by Crippen LogP contribution is 2.31. The molecule has 1 aliphatic heterocycles. The topological polar surface area (TPSA) is 63.4 Å². The van der Waals surface area contributed by atoms with Crippen LogP contribution in [-0.4, -0.2) is 16.7 Å². The molecule has 1 unspecified atom stereocenters. The van der Waals surface area contributed by atoms with Crippen LogP contribution >= 0.6 is 0 Å². The molecule has 4 nitrogen and oxygen atoms in total. The third-order valence-corrected chi connectivity index (χ3v) is 3.61. The van der Waals surface area contributed by atoms with Crippen molar-refractivity contribution in [2.45, 2.75) is 13.0 Å². The van der Waals surface area contributed by atoms with Crippen LogP contribution in [0, 0.1) is 0 Å². The second-order valence-corrected chi connectivity index (χ2v) is 4.87. The van der Waals surface area contributed by atoms with Gasteiger partial charge in [0.25, 0.3) is 11.8 Å². The number of imide groups is 1. The second kappa shape index (κ2) is 4.49. The standard InChI is InChI=1S/C16H14N2O2/c1-10(11-5-3-2-4-6-11)18-15(19)13-8-7-12(17)9-14(13)16(18)20/h2-10H,17H2,1H3. The van der Waals surface area contributed by atoms with Gasteiger partial charge < -0.3 is 5.73 Å². The zero-order chi connectivity index (χ0) is 14.3. The number of amides is 2. The summed E-state index contributed by atoms with van der Waals surface area (Å²) in [5.74, 6) is -0.546. The van der Waals surface area contributed by atoms with Crippen LogP contribution in [0.15, 0.2) is 48.5 Å². The third kappa shape index (κ3) is 1.77. The Morgan fingerprint density at radius 1 is 0.950 bits per heavy atom. The minimum Gasteiger partial charge on any atom is -0.399 e. The summed E-state index contributed by atoms with van der Waals surface area (Å²) in [6.45, 7) is 1.85. The highest BCUT2D eigenvalue weighted by Gasteiger charge is 2.38. The SMILES string of the molecule is CC(c1ccccc1)N1C(=O)c2ccc(N)cc2C1=O. The molecule has 0 aromatic heterocycles. The fraction of sp³-hybridized carbons (Fsp3) is 0.125. The Morgan fingerprint density at radius 3 is 2.30 bits per heavy atom. The molecule has 1 heterocycles. The predicted molar refractivity (Wildman–Crippen MR) is 76.2 cm³/mol. The van der Waals surface area contributed by atoms with E-state index in [0.29, 0.717) is 16.8 Å².